The maximum Gasteiger partial charge on any atom is 0.317 e. The van der Waals surface area contributed by atoms with Crippen LogP contribution < -0.4 is 10.9 Å². The van der Waals surface area contributed by atoms with E-state index in [-0.39, 0.29) is 23.9 Å². The Hall–Kier alpha value is -3.39. The average molecular weight is 466 g/mol. The Morgan fingerprint density at radius 2 is 1.76 bits per heavy atom. The zero-order valence-corrected chi connectivity index (χ0v) is 19.6. The van der Waals surface area contributed by atoms with E-state index in [0.717, 1.165) is 10.5 Å². The molecule has 0 saturated heterocycles. The molecule has 3 rings (SSSR count). The molecule has 0 aliphatic heterocycles. The lowest BCUT2D eigenvalue weighted by molar-refractivity contribution is -0.137. The summed E-state index contributed by atoms with van der Waals surface area (Å²) in [6.07, 6.45) is 0.510. The van der Waals surface area contributed by atoms with E-state index in [9.17, 15) is 19.5 Å². The van der Waals surface area contributed by atoms with E-state index in [0.29, 0.717) is 23.6 Å². The van der Waals surface area contributed by atoms with Crippen LogP contribution in [0.15, 0.2) is 70.4 Å². The summed E-state index contributed by atoms with van der Waals surface area (Å²) in [5, 5.41) is 11.6. The quantitative estimate of drug-likeness (QED) is 0.457. The normalized spacial score (nSPS) is 11.9. The first-order chi connectivity index (χ1) is 15.8. The van der Waals surface area contributed by atoms with Gasteiger partial charge in [0.25, 0.3) is 5.56 Å². The highest BCUT2D eigenvalue weighted by molar-refractivity contribution is 8.00. The van der Waals surface area contributed by atoms with Crippen LogP contribution >= 0.6 is 11.8 Å². The predicted molar refractivity (Wildman–Crippen MR) is 131 cm³/mol. The van der Waals surface area contributed by atoms with Crippen molar-refractivity contribution in [3.63, 3.8) is 0 Å². The molecule has 1 aromatic heterocycles. The number of carbonyl (C=O) groups is 2. The fourth-order valence-corrected chi connectivity index (χ4v) is 4.29. The van der Waals surface area contributed by atoms with Gasteiger partial charge in [-0.05, 0) is 30.2 Å². The highest BCUT2D eigenvalue weighted by Crippen LogP contribution is 2.29. The smallest absolute Gasteiger partial charge is 0.317 e. The van der Waals surface area contributed by atoms with Crippen molar-refractivity contribution in [1.82, 2.24) is 9.55 Å². The van der Waals surface area contributed by atoms with Crippen LogP contribution in [-0.4, -0.2) is 31.8 Å². The molecule has 0 aliphatic rings. The third kappa shape index (κ3) is 6.32. The van der Waals surface area contributed by atoms with Crippen molar-refractivity contribution in [2.24, 2.45) is 5.92 Å². The monoisotopic (exact) mass is 465 g/mol. The number of aryl methyl sites for hydroxylation is 1. The maximum atomic E-state index is 12.7. The Balaban J connectivity index is 1.70. The van der Waals surface area contributed by atoms with Gasteiger partial charge in [-0.2, -0.15) is 0 Å². The van der Waals surface area contributed by atoms with Crippen molar-refractivity contribution in [1.29, 1.82) is 0 Å². The third-order valence-electron chi connectivity index (χ3n) is 5.02. The van der Waals surface area contributed by atoms with E-state index in [1.807, 2.05) is 51.1 Å². The second-order valence-electron chi connectivity index (χ2n) is 7.89. The zero-order valence-electron chi connectivity index (χ0n) is 18.8. The van der Waals surface area contributed by atoms with Gasteiger partial charge < -0.3 is 10.4 Å². The third-order valence-corrected chi connectivity index (χ3v) is 6.57. The summed E-state index contributed by atoms with van der Waals surface area (Å²) in [4.78, 5) is 42.1. The van der Waals surface area contributed by atoms with Crippen molar-refractivity contribution in [2.45, 2.75) is 43.9 Å². The van der Waals surface area contributed by atoms with Crippen molar-refractivity contribution in [2.75, 3.05) is 5.32 Å². The first-order valence-corrected chi connectivity index (χ1v) is 11.6. The molecule has 0 unspecified atom stereocenters. The highest BCUT2D eigenvalue weighted by Gasteiger charge is 2.22. The first-order valence-electron chi connectivity index (χ1n) is 10.7. The van der Waals surface area contributed by atoms with E-state index >= 15 is 0 Å². The molecule has 1 heterocycles. The first kappa shape index (κ1) is 24.3. The molecule has 7 nitrogen and oxygen atoms in total. The van der Waals surface area contributed by atoms with Crippen LogP contribution in [0.5, 0.6) is 0 Å². The van der Waals surface area contributed by atoms with Crippen molar-refractivity contribution < 1.29 is 14.7 Å². The summed E-state index contributed by atoms with van der Waals surface area (Å²) >= 11 is 1.28. The summed E-state index contributed by atoms with van der Waals surface area (Å²) in [6, 6.07) is 17.9. The number of rotatable bonds is 9. The van der Waals surface area contributed by atoms with Gasteiger partial charge in [0.2, 0.25) is 5.91 Å². The van der Waals surface area contributed by atoms with Crippen LogP contribution in [0, 0.1) is 5.92 Å². The fourth-order valence-electron chi connectivity index (χ4n) is 3.33. The minimum absolute atomic E-state index is 0.0140. The van der Waals surface area contributed by atoms with Crippen LogP contribution in [0.3, 0.4) is 0 Å². The molecule has 2 N–H and O–H groups in total. The van der Waals surface area contributed by atoms with Crippen LogP contribution in [0.2, 0.25) is 0 Å². The van der Waals surface area contributed by atoms with Gasteiger partial charge in [0, 0.05) is 28.6 Å². The molecule has 0 spiro atoms. The molecule has 0 saturated carbocycles. The number of hydrogen-bond donors (Lipinski definition) is 2. The molecule has 2 aromatic carbocycles. The maximum absolute atomic E-state index is 12.7. The van der Waals surface area contributed by atoms with Crippen LogP contribution in [0.4, 0.5) is 5.69 Å². The van der Waals surface area contributed by atoms with Crippen LogP contribution in [0.1, 0.15) is 26.6 Å². The van der Waals surface area contributed by atoms with Gasteiger partial charge in [-0.3, -0.25) is 19.0 Å². The number of aliphatic carboxylic acids is 1. The van der Waals surface area contributed by atoms with E-state index in [4.69, 9.17) is 0 Å². The molecular formula is C25H27N3O4S. The lowest BCUT2D eigenvalue weighted by Gasteiger charge is -2.16. The van der Waals surface area contributed by atoms with Crippen LogP contribution in [0.25, 0.3) is 11.3 Å². The molecule has 8 heteroatoms. The van der Waals surface area contributed by atoms with E-state index < -0.39 is 11.2 Å². The number of carboxylic acids is 1. The summed E-state index contributed by atoms with van der Waals surface area (Å²) in [5.74, 6) is -0.667. The number of amides is 1. The SMILES string of the molecule is CCc1nc(-c2ccccc2)cc(=O)n1CC(=O)Nc1ccc(S[C@@H](C(=O)O)C(C)C)cc1. The molecule has 1 atom stereocenters. The van der Waals surface area contributed by atoms with E-state index in [2.05, 4.69) is 10.3 Å². The van der Waals surface area contributed by atoms with Crippen molar-refractivity contribution in [3.05, 3.63) is 76.8 Å². The zero-order chi connectivity index (χ0) is 24.0. The number of anilines is 1. The minimum Gasteiger partial charge on any atom is -0.480 e. The molecule has 0 bridgehead atoms. The van der Waals surface area contributed by atoms with E-state index in [1.165, 1.54) is 22.4 Å². The molecule has 0 fully saturated rings. The Bertz CT molecular complexity index is 1170. The van der Waals surface area contributed by atoms with Gasteiger partial charge in [-0.15, -0.1) is 11.8 Å². The van der Waals surface area contributed by atoms with Crippen LogP contribution in [-0.2, 0) is 22.6 Å². The lowest BCUT2D eigenvalue weighted by Crippen LogP contribution is -2.30. The second kappa shape index (κ2) is 11.0. The summed E-state index contributed by atoms with van der Waals surface area (Å²) in [6.45, 7) is 5.49. The number of carbonyl (C=O) groups excluding carboxylic acids is 1. The summed E-state index contributed by atoms with van der Waals surface area (Å²) in [7, 11) is 0. The second-order valence-corrected chi connectivity index (χ2v) is 9.11. The Morgan fingerprint density at radius 3 is 2.33 bits per heavy atom. The van der Waals surface area contributed by atoms with Gasteiger partial charge in [-0.1, -0.05) is 51.1 Å². The van der Waals surface area contributed by atoms with E-state index in [1.54, 1.807) is 24.3 Å². The Kier molecular flexibility index (Phi) is 8.06. The number of nitrogens with zero attached hydrogens (tertiary/aromatic N) is 2. The molecular weight excluding hydrogens is 438 g/mol. The molecule has 0 radical (unpaired) electrons. The Labute approximate surface area is 196 Å². The number of nitrogens with one attached hydrogen (secondary N) is 1. The fraction of sp³-hybridized carbons (Fsp3) is 0.280. The number of hydrogen-bond acceptors (Lipinski definition) is 5. The Morgan fingerprint density at radius 1 is 1.09 bits per heavy atom. The summed E-state index contributed by atoms with van der Waals surface area (Å²) in [5.41, 5.74) is 1.72. The number of thioether (sulfide) groups is 1. The van der Waals surface area contributed by atoms with Gasteiger partial charge in [-0.25, -0.2) is 4.98 Å². The predicted octanol–water partition coefficient (Wildman–Crippen LogP) is 4.31. The summed E-state index contributed by atoms with van der Waals surface area (Å²) < 4.78 is 1.38. The molecule has 1 amide bonds. The van der Waals surface area contributed by atoms with Gasteiger partial charge in [0.1, 0.15) is 17.6 Å². The van der Waals surface area contributed by atoms with Crippen molar-refractivity contribution in [3.8, 4) is 11.3 Å². The lowest BCUT2D eigenvalue weighted by atomic mass is 10.1. The molecule has 3 aromatic rings. The number of carboxylic acid groups (broad SMARTS) is 1. The topological polar surface area (TPSA) is 101 Å². The molecule has 33 heavy (non-hydrogen) atoms. The highest BCUT2D eigenvalue weighted by atomic mass is 32.2. The number of benzene rings is 2. The van der Waals surface area contributed by atoms with Crippen molar-refractivity contribution >= 4 is 29.3 Å². The standard InChI is InChI=1S/C25H27N3O4S/c1-4-21-27-20(17-8-6-5-7-9-17)14-23(30)28(21)15-22(29)26-18-10-12-19(13-11-18)33-24(16(2)3)25(31)32/h5-14,16,24H,4,15H2,1-3H3,(H,26,29)(H,31,32)/t24-/m1/s1. The molecule has 0 aliphatic carbocycles. The van der Waals surface area contributed by atoms with Gasteiger partial charge in [0.15, 0.2) is 0 Å². The minimum atomic E-state index is -0.851. The van der Waals surface area contributed by atoms with Gasteiger partial charge in [0.05, 0.1) is 5.69 Å². The average Bonchev–Trinajstić information content (AvgIpc) is 2.79. The molecule has 172 valence electrons. The largest absolute Gasteiger partial charge is 0.480 e. The van der Waals surface area contributed by atoms with Gasteiger partial charge >= 0.3 is 5.97 Å². The number of aromatic nitrogens is 2.